The number of anilines is 1. The van der Waals surface area contributed by atoms with Crippen molar-refractivity contribution in [3.63, 3.8) is 0 Å². The molecule has 1 heterocycles. The van der Waals surface area contributed by atoms with E-state index in [-0.39, 0.29) is 12.1 Å². The van der Waals surface area contributed by atoms with Crippen LogP contribution in [-0.2, 0) is 4.74 Å². The van der Waals surface area contributed by atoms with E-state index in [1.807, 2.05) is 19.2 Å². The largest absolute Gasteiger partial charge is 0.459 e. The van der Waals surface area contributed by atoms with Crippen molar-refractivity contribution < 1.29 is 9.53 Å². The average molecular weight is 353 g/mol. The SMILES string of the molecule is CC(C)OC(=O)c1ccc(NC=C(C#N)c2nc(C3CC3)cs2)cc1. The number of carbonyl (C=O) groups excluding carboxylic acids is 1. The van der Waals surface area contributed by atoms with Gasteiger partial charge in [0.25, 0.3) is 0 Å². The molecule has 0 atom stereocenters. The molecule has 0 unspecified atom stereocenters. The Kier molecular flexibility index (Phi) is 5.15. The molecule has 3 rings (SSSR count). The second-order valence-corrected chi connectivity index (χ2v) is 7.06. The van der Waals surface area contributed by atoms with Gasteiger partial charge in [0.1, 0.15) is 16.6 Å². The van der Waals surface area contributed by atoms with Gasteiger partial charge in [-0.05, 0) is 51.0 Å². The topological polar surface area (TPSA) is 75.0 Å². The zero-order valence-electron chi connectivity index (χ0n) is 14.2. The second kappa shape index (κ2) is 7.49. The lowest BCUT2D eigenvalue weighted by Gasteiger charge is -2.08. The van der Waals surface area contributed by atoms with Crippen LogP contribution in [0.4, 0.5) is 5.69 Å². The Morgan fingerprint density at radius 1 is 1.40 bits per heavy atom. The number of hydrogen-bond donors (Lipinski definition) is 1. The van der Waals surface area contributed by atoms with Crippen molar-refractivity contribution in [2.45, 2.75) is 38.7 Å². The maximum absolute atomic E-state index is 11.8. The first-order valence-corrected chi connectivity index (χ1v) is 9.08. The van der Waals surface area contributed by atoms with Crippen molar-refractivity contribution in [2.75, 3.05) is 5.32 Å². The first-order chi connectivity index (χ1) is 12.1. The summed E-state index contributed by atoms with van der Waals surface area (Å²) in [6.45, 7) is 3.63. The van der Waals surface area contributed by atoms with E-state index in [2.05, 4.69) is 16.4 Å². The van der Waals surface area contributed by atoms with E-state index in [1.165, 1.54) is 24.2 Å². The number of hydrogen-bond acceptors (Lipinski definition) is 6. The van der Waals surface area contributed by atoms with Gasteiger partial charge in [0.2, 0.25) is 0 Å². The fourth-order valence-corrected chi connectivity index (χ4v) is 3.13. The van der Waals surface area contributed by atoms with Gasteiger partial charge in [-0.15, -0.1) is 11.3 Å². The van der Waals surface area contributed by atoms with Gasteiger partial charge < -0.3 is 10.1 Å². The highest BCUT2D eigenvalue weighted by Crippen LogP contribution is 2.40. The van der Waals surface area contributed by atoms with Crippen molar-refractivity contribution >= 4 is 28.6 Å². The summed E-state index contributed by atoms with van der Waals surface area (Å²) in [5.41, 5.74) is 2.87. The van der Waals surface area contributed by atoms with Crippen LogP contribution in [-0.4, -0.2) is 17.1 Å². The molecule has 0 bridgehead atoms. The molecule has 0 saturated heterocycles. The van der Waals surface area contributed by atoms with Gasteiger partial charge in [-0.25, -0.2) is 9.78 Å². The van der Waals surface area contributed by atoms with Crippen molar-refractivity contribution in [2.24, 2.45) is 0 Å². The minimum atomic E-state index is -0.342. The number of nitriles is 1. The second-order valence-electron chi connectivity index (χ2n) is 6.20. The monoisotopic (exact) mass is 353 g/mol. The van der Waals surface area contributed by atoms with E-state index in [0.29, 0.717) is 17.1 Å². The third kappa shape index (κ3) is 4.46. The van der Waals surface area contributed by atoms with Crippen LogP contribution in [0.3, 0.4) is 0 Å². The number of rotatable bonds is 6. The summed E-state index contributed by atoms with van der Waals surface area (Å²) < 4.78 is 5.16. The number of allylic oxidation sites excluding steroid dienone is 1. The molecule has 1 fully saturated rings. The summed E-state index contributed by atoms with van der Waals surface area (Å²) in [5, 5.41) is 15.2. The maximum atomic E-state index is 11.8. The number of nitrogens with zero attached hydrogens (tertiary/aromatic N) is 2. The van der Waals surface area contributed by atoms with Gasteiger partial charge in [-0.3, -0.25) is 0 Å². The molecule has 5 nitrogen and oxygen atoms in total. The molecule has 1 saturated carbocycles. The van der Waals surface area contributed by atoms with Crippen LogP contribution >= 0.6 is 11.3 Å². The summed E-state index contributed by atoms with van der Waals surface area (Å²) in [4.78, 5) is 16.4. The Hall–Kier alpha value is -2.65. The van der Waals surface area contributed by atoms with E-state index in [0.717, 1.165) is 16.4 Å². The standard InChI is InChI=1S/C19H19N3O2S/c1-12(2)24-19(23)14-5-7-16(8-6-14)21-10-15(9-20)18-22-17(11-25-18)13-3-4-13/h5-8,10-13,21H,3-4H2,1-2H3. The lowest BCUT2D eigenvalue weighted by atomic mass is 10.2. The molecule has 0 spiro atoms. The van der Waals surface area contributed by atoms with Gasteiger partial charge in [-0.1, -0.05) is 0 Å². The van der Waals surface area contributed by atoms with Crippen LogP contribution in [0.25, 0.3) is 5.57 Å². The quantitative estimate of drug-likeness (QED) is 0.608. The number of ether oxygens (including phenoxy) is 1. The predicted molar refractivity (Wildman–Crippen MR) is 98.3 cm³/mol. The van der Waals surface area contributed by atoms with E-state index in [1.54, 1.807) is 30.5 Å². The highest BCUT2D eigenvalue weighted by atomic mass is 32.1. The smallest absolute Gasteiger partial charge is 0.338 e. The summed E-state index contributed by atoms with van der Waals surface area (Å²) in [5.74, 6) is 0.237. The highest BCUT2D eigenvalue weighted by Gasteiger charge is 2.26. The third-order valence-corrected chi connectivity index (χ3v) is 4.61. The number of nitrogens with one attached hydrogen (secondary N) is 1. The van der Waals surface area contributed by atoms with Crippen molar-refractivity contribution in [1.82, 2.24) is 4.98 Å². The van der Waals surface area contributed by atoms with E-state index in [4.69, 9.17) is 4.74 Å². The zero-order valence-corrected chi connectivity index (χ0v) is 15.0. The Balaban J connectivity index is 1.67. The molecule has 1 aliphatic carbocycles. The molecular weight excluding hydrogens is 334 g/mol. The normalized spacial score (nSPS) is 14.2. The number of esters is 1. The first kappa shape index (κ1) is 17.2. The zero-order chi connectivity index (χ0) is 17.8. The van der Waals surface area contributed by atoms with Gasteiger partial charge in [-0.2, -0.15) is 5.26 Å². The molecule has 25 heavy (non-hydrogen) atoms. The predicted octanol–water partition coefficient (Wildman–Crippen LogP) is 4.56. The molecule has 0 amide bonds. The van der Waals surface area contributed by atoms with Crippen LogP contribution < -0.4 is 5.32 Å². The van der Waals surface area contributed by atoms with Gasteiger partial charge in [0.15, 0.2) is 0 Å². The van der Waals surface area contributed by atoms with Crippen molar-refractivity contribution in [3.05, 3.63) is 52.1 Å². The Morgan fingerprint density at radius 3 is 2.72 bits per heavy atom. The Bertz CT molecular complexity index is 827. The van der Waals surface area contributed by atoms with Crippen LogP contribution in [0, 0.1) is 11.3 Å². The molecule has 128 valence electrons. The van der Waals surface area contributed by atoms with Gasteiger partial charge in [0, 0.05) is 23.2 Å². The van der Waals surface area contributed by atoms with Crippen LogP contribution in [0.2, 0.25) is 0 Å². The first-order valence-electron chi connectivity index (χ1n) is 8.20. The highest BCUT2D eigenvalue weighted by molar-refractivity contribution is 7.10. The van der Waals surface area contributed by atoms with Crippen LogP contribution in [0.15, 0.2) is 35.8 Å². The molecule has 1 aromatic heterocycles. The minimum absolute atomic E-state index is 0.148. The van der Waals surface area contributed by atoms with Crippen molar-refractivity contribution in [1.29, 1.82) is 5.26 Å². The Labute approximate surface area is 151 Å². The molecule has 6 heteroatoms. The number of benzene rings is 1. The maximum Gasteiger partial charge on any atom is 0.338 e. The van der Waals surface area contributed by atoms with E-state index in [9.17, 15) is 10.1 Å². The Morgan fingerprint density at radius 2 is 2.12 bits per heavy atom. The number of carbonyl (C=O) groups is 1. The molecular formula is C19H19N3O2S. The molecule has 0 radical (unpaired) electrons. The van der Waals surface area contributed by atoms with E-state index >= 15 is 0 Å². The summed E-state index contributed by atoms with van der Waals surface area (Å²) in [7, 11) is 0. The van der Waals surface area contributed by atoms with Gasteiger partial charge >= 0.3 is 5.97 Å². The van der Waals surface area contributed by atoms with Crippen LogP contribution in [0.5, 0.6) is 0 Å². The average Bonchev–Trinajstić information content (AvgIpc) is 3.33. The lowest BCUT2D eigenvalue weighted by Crippen LogP contribution is -2.11. The fraction of sp³-hybridized carbons (Fsp3) is 0.316. The summed E-state index contributed by atoms with van der Waals surface area (Å²) >= 11 is 1.49. The van der Waals surface area contributed by atoms with E-state index < -0.39 is 0 Å². The van der Waals surface area contributed by atoms with Crippen molar-refractivity contribution in [3.8, 4) is 6.07 Å². The van der Waals surface area contributed by atoms with Crippen LogP contribution in [0.1, 0.15) is 53.7 Å². The lowest BCUT2D eigenvalue weighted by molar-refractivity contribution is 0.0378. The minimum Gasteiger partial charge on any atom is -0.459 e. The molecule has 1 aromatic carbocycles. The number of aromatic nitrogens is 1. The van der Waals surface area contributed by atoms with Gasteiger partial charge in [0.05, 0.1) is 17.4 Å². The summed E-state index contributed by atoms with van der Waals surface area (Å²) in [6, 6.07) is 9.13. The molecule has 2 aromatic rings. The fourth-order valence-electron chi connectivity index (χ4n) is 2.26. The summed E-state index contributed by atoms with van der Waals surface area (Å²) in [6.07, 6.45) is 3.89. The number of thiazole rings is 1. The molecule has 1 aliphatic rings. The molecule has 0 aliphatic heterocycles. The molecule has 1 N–H and O–H groups in total. The third-order valence-electron chi connectivity index (χ3n) is 3.71.